The summed E-state index contributed by atoms with van der Waals surface area (Å²) in [5.74, 6) is -0.150. The van der Waals surface area contributed by atoms with E-state index in [-0.39, 0.29) is 30.8 Å². The summed E-state index contributed by atoms with van der Waals surface area (Å²) in [6.45, 7) is 1.14. The molecule has 6 heteroatoms. The highest BCUT2D eigenvalue weighted by molar-refractivity contribution is 5.94. The second-order valence-electron chi connectivity index (χ2n) is 5.50. The molecule has 1 atom stereocenters. The number of nitrogens with one attached hydrogen (secondary N) is 2. The molecule has 0 radical (unpaired) electrons. The molecule has 1 aromatic rings. The predicted octanol–water partition coefficient (Wildman–Crippen LogP) is 2.04. The molecular formula is C16H24ClN3O2. The summed E-state index contributed by atoms with van der Waals surface area (Å²) in [6, 6.07) is 9.72. The Balaban J connectivity index is 0.00000242. The fourth-order valence-electron chi connectivity index (χ4n) is 2.52. The number of carbonyl (C=O) groups is 2. The van der Waals surface area contributed by atoms with Crippen LogP contribution in [0.4, 0.5) is 5.69 Å². The van der Waals surface area contributed by atoms with Crippen molar-refractivity contribution in [3.05, 3.63) is 30.3 Å². The zero-order valence-electron chi connectivity index (χ0n) is 12.9. The first-order chi connectivity index (χ1) is 10.1. The van der Waals surface area contributed by atoms with E-state index in [4.69, 9.17) is 0 Å². The zero-order chi connectivity index (χ0) is 15.1. The van der Waals surface area contributed by atoms with Crippen LogP contribution in [0.15, 0.2) is 30.3 Å². The van der Waals surface area contributed by atoms with E-state index in [9.17, 15) is 9.59 Å². The van der Waals surface area contributed by atoms with Crippen LogP contribution in [0.1, 0.15) is 25.7 Å². The fraction of sp³-hybridized carbons (Fsp3) is 0.500. The lowest BCUT2D eigenvalue weighted by Gasteiger charge is -2.18. The number of likely N-dealkylation sites (N-methyl/N-ethyl adjacent to an activating group) is 1. The average molecular weight is 326 g/mol. The van der Waals surface area contributed by atoms with Crippen LogP contribution in [0.3, 0.4) is 0 Å². The molecule has 2 rings (SSSR count). The van der Waals surface area contributed by atoms with Crippen LogP contribution in [0.25, 0.3) is 0 Å². The summed E-state index contributed by atoms with van der Waals surface area (Å²) >= 11 is 0. The highest BCUT2D eigenvalue weighted by atomic mass is 35.5. The molecule has 0 bridgehead atoms. The minimum Gasteiger partial charge on any atom is -0.336 e. The fourth-order valence-corrected chi connectivity index (χ4v) is 2.52. The van der Waals surface area contributed by atoms with Crippen molar-refractivity contribution in [1.82, 2.24) is 10.2 Å². The van der Waals surface area contributed by atoms with Crippen molar-refractivity contribution in [2.24, 2.45) is 0 Å². The zero-order valence-corrected chi connectivity index (χ0v) is 13.7. The van der Waals surface area contributed by atoms with Gasteiger partial charge in [-0.2, -0.15) is 0 Å². The third kappa shape index (κ3) is 6.03. The number of carbonyl (C=O) groups excluding carboxylic acids is 2. The Kier molecular flexibility index (Phi) is 7.91. The van der Waals surface area contributed by atoms with Gasteiger partial charge in [-0.15, -0.1) is 12.4 Å². The molecule has 0 aromatic heterocycles. The average Bonchev–Trinajstić information content (AvgIpc) is 2.98. The molecule has 0 spiro atoms. The SMILES string of the molecule is CN(CC(=O)Nc1ccccc1)C(=O)CCC1CCCN1.Cl. The van der Waals surface area contributed by atoms with Gasteiger partial charge in [-0.1, -0.05) is 18.2 Å². The van der Waals surface area contributed by atoms with E-state index in [0.29, 0.717) is 12.5 Å². The van der Waals surface area contributed by atoms with E-state index >= 15 is 0 Å². The van der Waals surface area contributed by atoms with Gasteiger partial charge < -0.3 is 15.5 Å². The number of anilines is 1. The van der Waals surface area contributed by atoms with Crippen LogP contribution < -0.4 is 10.6 Å². The summed E-state index contributed by atoms with van der Waals surface area (Å²) < 4.78 is 0. The number of hydrogen-bond donors (Lipinski definition) is 2. The van der Waals surface area contributed by atoms with E-state index in [2.05, 4.69) is 10.6 Å². The number of amides is 2. The van der Waals surface area contributed by atoms with Gasteiger partial charge in [0.1, 0.15) is 0 Å². The summed E-state index contributed by atoms with van der Waals surface area (Å²) in [7, 11) is 1.68. The number of benzene rings is 1. The Hall–Kier alpha value is -1.59. The molecule has 2 N–H and O–H groups in total. The Labute approximate surface area is 137 Å². The lowest BCUT2D eigenvalue weighted by molar-refractivity contribution is -0.133. The largest absolute Gasteiger partial charge is 0.336 e. The smallest absolute Gasteiger partial charge is 0.243 e. The van der Waals surface area contributed by atoms with Crippen molar-refractivity contribution in [3.63, 3.8) is 0 Å². The van der Waals surface area contributed by atoms with Crippen LogP contribution in [0, 0.1) is 0 Å². The standard InChI is InChI=1S/C16H23N3O2.ClH/c1-19(16(21)10-9-13-8-5-11-17-13)12-15(20)18-14-6-3-2-4-7-14;/h2-4,6-7,13,17H,5,8-12H2,1H3,(H,18,20);1H. The monoisotopic (exact) mass is 325 g/mol. The van der Waals surface area contributed by atoms with Crippen molar-refractivity contribution < 1.29 is 9.59 Å². The predicted molar refractivity (Wildman–Crippen MR) is 90.2 cm³/mol. The third-order valence-corrected chi connectivity index (χ3v) is 3.73. The summed E-state index contributed by atoms with van der Waals surface area (Å²) in [4.78, 5) is 25.4. The van der Waals surface area contributed by atoms with E-state index in [1.165, 1.54) is 11.3 Å². The van der Waals surface area contributed by atoms with E-state index < -0.39 is 0 Å². The Bertz CT molecular complexity index is 476. The quantitative estimate of drug-likeness (QED) is 0.841. The van der Waals surface area contributed by atoms with Crippen LogP contribution >= 0.6 is 12.4 Å². The number of halogens is 1. The molecule has 1 aromatic carbocycles. The highest BCUT2D eigenvalue weighted by Crippen LogP contribution is 2.11. The van der Waals surface area contributed by atoms with Crippen LogP contribution in [0.2, 0.25) is 0 Å². The minimum atomic E-state index is -0.170. The molecule has 1 heterocycles. The molecule has 1 fully saturated rings. The van der Waals surface area contributed by atoms with E-state index in [1.54, 1.807) is 7.05 Å². The van der Waals surface area contributed by atoms with Crippen molar-refractivity contribution in [3.8, 4) is 0 Å². The number of rotatable bonds is 6. The second kappa shape index (κ2) is 9.43. The molecule has 122 valence electrons. The van der Waals surface area contributed by atoms with Gasteiger partial charge >= 0.3 is 0 Å². The van der Waals surface area contributed by atoms with Crippen molar-refractivity contribution in [2.75, 3.05) is 25.5 Å². The molecule has 0 aliphatic carbocycles. The van der Waals surface area contributed by atoms with Crippen LogP contribution in [-0.4, -0.2) is 42.9 Å². The highest BCUT2D eigenvalue weighted by Gasteiger charge is 2.18. The van der Waals surface area contributed by atoms with Crippen molar-refractivity contribution in [2.45, 2.75) is 31.7 Å². The molecule has 1 aliphatic heterocycles. The van der Waals surface area contributed by atoms with Crippen molar-refractivity contribution >= 4 is 29.9 Å². The minimum absolute atomic E-state index is 0. The van der Waals surface area contributed by atoms with Gasteiger partial charge in [-0.05, 0) is 37.9 Å². The summed E-state index contributed by atoms with van der Waals surface area (Å²) in [6.07, 6.45) is 3.68. The summed E-state index contributed by atoms with van der Waals surface area (Å²) in [5, 5.41) is 6.15. The summed E-state index contributed by atoms with van der Waals surface area (Å²) in [5.41, 5.74) is 0.749. The Morgan fingerprint density at radius 2 is 2.05 bits per heavy atom. The first-order valence-corrected chi connectivity index (χ1v) is 7.47. The third-order valence-electron chi connectivity index (χ3n) is 3.73. The Morgan fingerprint density at radius 3 is 2.68 bits per heavy atom. The molecule has 5 nitrogen and oxygen atoms in total. The van der Waals surface area contributed by atoms with Crippen LogP contribution in [-0.2, 0) is 9.59 Å². The van der Waals surface area contributed by atoms with E-state index in [1.807, 2.05) is 30.3 Å². The van der Waals surface area contributed by atoms with Gasteiger partial charge in [0.25, 0.3) is 0 Å². The number of hydrogen-bond acceptors (Lipinski definition) is 3. The molecule has 1 saturated heterocycles. The van der Waals surface area contributed by atoms with Gasteiger partial charge in [0.05, 0.1) is 6.54 Å². The topological polar surface area (TPSA) is 61.4 Å². The Morgan fingerprint density at radius 1 is 1.32 bits per heavy atom. The van der Waals surface area contributed by atoms with Crippen LogP contribution in [0.5, 0.6) is 0 Å². The first-order valence-electron chi connectivity index (χ1n) is 7.47. The lowest BCUT2D eigenvalue weighted by atomic mass is 10.1. The second-order valence-corrected chi connectivity index (χ2v) is 5.50. The number of nitrogens with zero attached hydrogens (tertiary/aromatic N) is 1. The normalized spacial score (nSPS) is 16.7. The molecule has 1 unspecified atom stereocenters. The maximum atomic E-state index is 12.0. The maximum absolute atomic E-state index is 12.0. The van der Waals surface area contributed by atoms with Gasteiger partial charge in [0.15, 0.2) is 0 Å². The lowest BCUT2D eigenvalue weighted by Crippen LogP contribution is -2.35. The van der Waals surface area contributed by atoms with Gasteiger partial charge in [-0.25, -0.2) is 0 Å². The maximum Gasteiger partial charge on any atom is 0.243 e. The molecule has 0 saturated carbocycles. The van der Waals surface area contributed by atoms with Gasteiger partial charge in [0.2, 0.25) is 11.8 Å². The molecule has 1 aliphatic rings. The first kappa shape index (κ1) is 18.5. The molecule has 22 heavy (non-hydrogen) atoms. The van der Waals surface area contributed by atoms with Crippen molar-refractivity contribution in [1.29, 1.82) is 0 Å². The van der Waals surface area contributed by atoms with Gasteiger partial charge in [0, 0.05) is 25.2 Å². The van der Waals surface area contributed by atoms with Gasteiger partial charge in [-0.3, -0.25) is 9.59 Å². The van der Waals surface area contributed by atoms with E-state index in [0.717, 1.165) is 25.1 Å². The molecular weight excluding hydrogens is 302 g/mol. The molecule has 2 amide bonds. The number of para-hydroxylation sites is 1.